The van der Waals surface area contributed by atoms with Gasteiger partial charge in [0.25, 0.3) is 0 Å². The van der Waals surface area contributed by atoms with Crippen molar-refractivity contribution in [2.24, 2.45) is 5.92 Å². The van der Waals surface area contributed by atoms with Gasteiger partial charge in [-0.15, -0.1) is 0 Å². The molecule has 1 unspecified atom stereocenters. The van der Waals surface area contributed by atoms with Crippen LogP contribution in [0, 0.1) is 5.92 Å². The summed E-state index contributed by atoms with van der Waals surface area (Å²) >= 11 is 0. The zero-order valence-electron chi connectivity index (χ0n) is 18.4. The Bertz CT molecular complexity index is 982. The molecule has 1 aromatic heterocycles. The second kappa shape index (κ2) is 9.86. The molecule has 168 valence electrons. The first kappa shape index (κ1) is 21.2. The number of anilines is 1. The van der Waals surface area contributed by atoms with E-state index in [2.05, 4.69) is 27.1 Å². The summed E-state index contributed by atoms with van der Waals surface area (Å²) in [7, 11) is 0. The van der Waals surface area contributed by atoms with Crippen LogP contribution in [0.2, 0.25) is 0 Å². The van der Waals surface area contributed by atoms with Gasteiger partial charge in [0.1, 0.15) is 5.69 Å². The van der Waals surface area contributed by atoms with Gasteiger partial charge in [-0.2, -0.15) is 0 Å². The van der Waals surface area contributed by atoms with Crippen molar-refractivity contribution < 1.29 is 14.4 Å². The Morgan fingerprint density at radius 3 is 2.38 bits per heavy atom. The third kappa shape index (κ3) is 5.04. The summed E-state index contributed by atoms with van der Waals surface area (Å²) in [4.78, 5) is 4.61. The molecule has 32 heavy (non-hydrogen) atoms. The van der Waals surface area contributed by atoms with E-state index < -0.39 is 6.10 Å². The van der Waals surface area contributed by atoms with E-state index in [1.165, 1.54) is 12.8 Å². The average Bonchev–Trinajstić information content (AvgIpc) is 3.57. The summed E-state index contributed by atoms with van der Waals surface area (Å²) < 4.78 is 11.5. The summed E-state index contributed by atoms with van der Waals surface area (Å²) in [5.41, 5.74) is 4.00. The maximum atomic E-state index is 10.9. The topological polar surface area (TPSA) is 62.0 Å². The van der Waals surface area contributed by atoms with Crippen LogP contribution in [0.3, 0.4) is 0 Å². The quantitative estimate of drug-likeness (QED) is 0.548. The summed E-state index contributed by atoms with van der Waals surface area (Å²) in [5.74, 6) is 1.55. The number of benzene rings is 2. The second-order valence-electron chi connectivity index (χ2n) is 8.84. The number of hydrogen-bond acceptors (Lipinski definition) is 6. The first-order valence-electron chi connectivity index (χ1n) is 11.6. The molecule has 0 bridgehead atoms. The van der Waals surface area contributed by atoms with Crippen LogP contribution < -0.4 is 4.90 Å². The number of morpholine rings is 1. The molecule has 1 aliphatic heterocycles. The van der Waals surface area contributed by atoms with Crippen molar-refractivity contribution in [2.45, 2.75) is 25.5 Å². The van der Waals surface area contributed by atoms with Crippen molar-refractivity contribution in [3.63, 3.8) is 0 Å². The standard InChI is InChI=1S/C26H31N3O3/c30-24(21-7-3-1-4-8-21)19-28(17-20-11-12-20)18-23-25(22-9-5-2-6-10-22)27-32-26(23)29-13-15-31-16-14-29/h1-10,20,24,30H,11-19H2. The molecule has 2 aliphatic rings. The van der Waals surface area contributed by atoms with Crippen molar-refractivity contribution in [3.8, 4) is 11.3 Å². The van der Waals surface area contributed by atoms with Crippen molar-refractivity contribution >= 4 is 5.88 Å². The molecule has 3 aromatic rings. The monoisotopic (exact) mass is 433 g/mol. The summed E-state index contributed by atoms with van der Waals surface area (Å²) in [5, 5.41) is 15.4. The van der Waals surface area contributed by atoms with Crippen molar-refractivity contribution in [2.75, 3.05) is 44.3 Å². The fourth-order valence-electron chi connectivity index (χ4n) is 4.40. The molecule has 6 nitrogen and oxygen atoms in total. The lowest BCUT2D eigenvalue weighted by atomic mass is 10.1. The van der Waals surface area contributed by atoms with Crippen LogP contribution in [-0.4, -0.2) is 54.6 Å². The van der Waals surface area contributed by atoms with E-state index in [1.54, 1.807) is 0 Å². The fraction of sp³-hybridized carbons (Fsp3) is 0.423. The molecule has 1 N–H and O–H groups in total. The van der Waals surface area contributed by atoms with E-state index in [9.17, 15) is 5.11 Å². The van der Waals surface area contributed by atoms with Gasteiger partial charge in [-0.25, -0.2) is 0 Å². The molecule has 1 aliphatic carbocycles. The van der Waals surface area contributed by atoms with E-state index in [0.29, 0.717) is 32.2 Å². The van der Waals surface area contributed by atoms with Gasteiger partial charge < -0.3 is 19.3 Å². The number of aromatic nitrogens is 1. The molecule has 0 amide bonds. The smallest absolute Gasteiger partial charge is 0.232 e. The van der Waals surface area contributed by atoms with E-state index >= 15 is 0 Å². The van der Waals surface area contributed by atoms with Gasteiger partial charge >= 0.3 is 0 Å². The van der Waals surface area contributed by atoms with Gasteiger partial charge in [0.05, 0.1) is 24.9 Å². The minimum Gasteiger partial charge on any atom is -0.387 e. The van der Waals surface area contributed by atoms with Crippen LogP contribution in [-0.2, 0) is 11.3 Å². The van der Waals surface area contributed by atoms with Crippen LogP contribution in [0.25, 0.3) is 11.3 Å². The lowest BCUT2D eigenvalue weighted by molar-refractivity contribution is 0.105. The van der Waals surface area contributed by atoms with Gasteiger partial charge in [0.2, 0.25) is 5.88 Å². The highest BCUT2D eigenvalue weighted by molar-refractivity contribution is 5.68. The van der Waals surface area contributed by atoms with Gasteiger partial charge in [-0.1, -0.05) is 65.8 Å². The number of aliphatic hydroxyl groups is 1. The normalized spacial score (nSPS) is 17.6. The predicted molar refractivity (Wildman–Crippen MR) is 124 cm³/mol. The zero-order valence-corrected chi connectivity index (χ0v) is 18.4. The minimum absolute atomic E-state index is 0.526. The molecule has 1 atom stereocenters. The third-order valence-electron chi connectivity index (χ3n) is 6.32. The Balaban J connectivity index is 1.44. The Labute approximate surface area is 189 Å². The minimum atomic E-state index is -0.526. The molecule has 5 rings (SSSR count). The zero-order chi connectivity index (χ0) is 21.8. The molecule has 2 fully saturated rings. The van der Waals surface area contributed by atoms with E-state index in [4.69, 9.17) is 9.26 Å². The highest BCUT2D eigenvalue weighted by atomic mass is 16.5. The maximum Gasteiger partial charge on any atom is 0.232 e. The molecule has 6 heteroatoms. The first-order valence-corrected chi connectivity index (χ1v) is 11.6. The average molecular weight is 434 g/mol. The van der Waals surface area contributed by atoms with E-state index in [-0.39, 0.29) is 0 Å². The maximum absolute atomic E-state index is 10.9. The van der Waals surface area contributed by atoms with Crippen LogP contribution in [0.5, 0.6) is 0 Å². The Morgan fingerprint density at radius 2 is 1.69 bits per heavy atom. The molecule has 2 aromatic carbocycles. The van der Waals surface area contributed by atoms with Crippen molar-refractivity contribution in [3.05, 3.63) is 71.8 Å². The third-order valence-corrected chi connectivity index (χ3v) is 6.32. The van der Waals surface area contributed by atoms with Gasteiger partial charge in [0.15, 0.2) is 0 Å². The van der Waals surface area contributed by atoms with Crippen molar-refractivity contribution in [1.82, 2.24) is 10.1 Å². The van der Waals surface area contributed by atoms with Crippen LogP contribution >= 0.6 is 0 Å². The number of nitrogens with zero attached hydrogens (tertiary/aromatic N) is 3. The highest BCUT2D eigenvalue weighted by Gasteiger charge is 2.30. The van der Waals surface area contributed by atoms with E-state index in [1.807, 2.05) is 48.5 Å². The van der Waals surface area contributed by atoms with Gasteiger partial charge in [0, 0.05) is 38.3 Å². The Morgan fingerprint density at radius 1 is 1.00 bits per heavy atom. The van der Waals surface area contributed by atoms with Crippen LogP contribution in [0.15, 0.2) is 65.2 Å². The largest absolute Gasteiger partial charge is 0.387 e. The molecular formula is C26H31N3O3. The van der Waals surface area contributed by atoms with Gasteiger partial charge in [-0.3, -0.25) is 4.90 Å². The molecule has 2 heterocycles. The molecule has 0 spiro atoms. The summed E-state index contributed by atoms with van der Waals surface area (Å²) in [6, 6.07) is 20.2. The number of aliphatic hydroxyl groups excluding tert-OH is 1. The molecular weight excluding hydrogens is 402 g/mol. The van der Waals surface area contributed by atoms with E-state index in [0.717, 1.165) is 47.9 Å². The summed E-state index contributed by atoms with van der Waals surface area (Å²) in [6.45, 7) is 5.24. The molecule has 1 saturated heterocycles. The first-order chi connectivity index (χ1) is 15.8. The SMILES string of the molecule is OC(CN(Cc1c(-c2ccccc2)noc1N1CCOCC1)CC1CC1)c1ccccc1. The predicted octanol–water partition coefficient (Wildman–Crippen LogP) is 4.12. The Kier molecular flexibility index (Phi) is 6.53. The lowest BCUT2D eigenvalue weighted by Gasteiger charge is -2.29. The summed E-state index contributed by atoms with van der Waals surface area (Å²) in [6.07, 6.45) is 2.01. The Hall–Kier alpha value is -2.67. The van der Waals surface area contributed by atoms with Crippen LogP contribution in [0.1, 0.15) is 30.1 Å². The molecule has 0 radical (unpaired) electrons. The lowest BCUT2D eigenvalue weighted by Crippen LogP contribution is -2.37. The van der Waals surface area contributed by atoms with Gasteiger partial charge in [-0.05, 0) is 24.3 Å². The molecule has 1 saturated carbocycles. The number of rotatable bonds is 9. The number of hydrogen-bond donors (Lipinski definition) is 1. The number of ether oxygens (including phenoxy) is 1. The fourth-order valence-corrected chi connectivity index (χ4v) is 4.40. The highest BCUT2D eigenvalue weighted by Crippen LogP contribution is 2.35. The van der Waals surface area contributed by atoms with Crippen molar-refractivity contribution in [1.29, 1.82) is 0 Å². The van der Waals surface area contributed by atoms with Crippen LogP contribution in [0.4, 0.5) is 5.88 Å². The second-order valence-corrected chi connectivity index (χ2v) is 8.84.